The van der Waals surface area contributed by atoms with E-state index in [0.29, 0.717) is 22.9 Å². The van der Waals surface area contributed by atoms with Crippen molar-refractivity contribution in [3.63, 3.8) is 0 Å². The first-order chi connectivity index (χ1) is 21.1. The van der Waals surface area contributed by atoms with Crippen molar-refractivity contribution in [1.29, 1.82) is 0 Å². The molecule has 6 rings (SSSR count). The first kappa shape index (κ1) is 30.6. The van der Waals surface area contributed by atoms with E-state index in [4.69, 9.17) is 74.0 Å². The molecule has 0 aliphatic rings. The number of hydrogen-bond donors (Lipinski definition) is 0. The molecule has 6 aromatic rings. The molecular formula is C31H18Cl6N6O. The quantitative estimate of drug-likeness (QED) is 0.160. The average molecular weight is 703 g/mol. The van der Waals surface area contributed by atoms with E-state index < -0.39 is 7.59 Å². The van der Waals surface area contributed by atoms with E-state index in [1.165, 1.54) is 0 Å². The Morgan fingerprint density at radius 3 is 1.27 bits per heavy atom. The highest BCUT2D eigenvalue weighted by molar-refractivity contribution is 6.67. The molecular weight excluding hydrogens is 685 g/mol. The molecule has 0 atom stereocenters. The molecule has 0 N–H and O–H groups in total. The lowest BCUT2D eigenvalue weighted by Crippen LogP contribution is -2.16. The van der Waals surface area contributed by atoms with Gasteiger partial charge in [0.25, 0.3) is 0 Å². The molecule has 0 saturated heterocycles. The van der Waals surface area contributed by atoms with E-state index >= 15 is 0 Å². The largest absolute Gasteiger partial charge is 0.416 e. The summed E-state index contributed by atoms with van der Waals surface area (Å²) in [5.74, 6) is 0.493. The fourth-order valence-corrected chi connectivity index (χ4v) is 4.84. The molecule has 0 fully saturated rings. The molecule has 0 spiro atoms. The lowest BCUT2D eigenvalue weighted by Gasteiger charge is -2.25. The Morgan fingerprint density at radius 1 is 0.455 bits per heavy atom. The molecule has 7 nitrogen and oxygen atoms in total. The number of benzene rings is 4. The normalized spacial score (nSPS) is 11.9. The molecule has 0 aliphatic carbocycles. The van der Waals surface area contributed by atoms with Crippen LogP contribution in [0.2, 0.25) is 0 Å². The van der Waals surface area contributed by atoms with Gasteiger partial charge in [0, 0.05) is 33.8 Å². The summed E-state index contributed by atoms with van der Waals surface area (Å²) in [6, 6.07) is 35.2. The van der Waals surface area contributed by atoms with Gasteiger partial charge in [-0.25, -0.2) is 15.0 Å². The summed E-state index contributed by atoms with van der Waals surface area (Å²) in [6.45, 7) is 0. The van der Waals surface area contributed by atoms with Crippen molar-refractivity contribution in [3.05, 3.63) is 121 Å². The lowest BCUT2D eigenvalue weighted by atomic mass is 10.1. The Bertz CT molecular complexity index is 1800. The van der Waals surface area contributed by atoms with Gasteiger partial charge < -0.3 is 9.32 Å². The molecule has 4 aromatic carbocycles. The number of para-hydroxylation sites is 2. The number of nitrogens with zero attached hydrogens (tertiary/aromatic N) is 6. The zero-order valence-electron chi connectivity index (χ0n) is 22.3. The summed E-state index contributed by atoms with van der Waals surface area (Å²) in [5, 5.41) is 8.50. The van der Waals surface area contributed by atoms with E-state index in [0.717, 1.165) is 22.6 Å². The third-order valence-corrected chi connectivity index (χ3v) is 7.37. The highest BCUT2D eigenvalue weighted by atomic mass is 35.6. The van der Waals surface area contributed by atoms with Crippen molar-refractivity contribution in [2.45, 2.75) is 7.59 Å². The van der Waals surface area contributed by atoms with Crippen LogP contribution in [0.15, 0.2) is 114 Å². The fraction of sp³-hybridized carbons (Fsp3) is 0.0645. The molecule has 0 radical (unpaired) electrons. The number of hydrogen-bond acceptors (Lipinski definition) is 7. The predicted molar refractivity (Wildman–Crippen MR) is 177 cm³/mol. The van der Waals surface area contributed by atoms with Crippen LogP contribution in [0.1, 0.15) is 11.6 Å². The van der Waals surface area contributed by atoms with Crippen LogP contribution < -0.4 is 4.90 Å². The highest BCUT2D eigenvalue weighted by Gasteiger charge is 2.34. The van der Waals surface area contributed by atoms with E-state index in [9.17, 15) is 0 Å². The number of anilines is 3. The molecule has 220 valence electrons. The maximum atomic E-state index is 6.02. The third kappa shape index (κ3) is 6.79. The van der Waals surface area contributed by atoms with Crippen molar-refractivity contribution in [2.75, 3.05) is 4.90 Å². The minimum Gasteiger partial charge on any atom is -0.416 e. The second-order valence-corrected chi connectivity index (χ2v) is 13.9. The second-order valence-electron chi connectivity index (χ2n) is 9.34. The molecule has 44 heavy (non-hydrogen) atoms. The Labute approximate surface area is 282 Å². The van der Waals surface area contributed by atoms with Crippen molar-refractivity contribution in [1.82, 2.24) is 25.1 Å². The van der Waals surface area contributed by atoms with Gasteiger partial charge in [-0.3, -0.25) is 0 Å². The molecule has 0 aliphatic heterocycles. The summed E-state index contributed by atoms with van der Waals surface area (Å²) in [6.07, 6.45) is 0. The smallest absolute Gasteiger partial charge is 0.250 e. The molecule has 2 aromatic heterocycles. The minimum atomic E-state index is -1.96. The van der Waals surface area contributed by atoms with Gasteiger partial charge >= 0.3 is 0 Å². The first-order valence-corrected chi connectivity index (χ1v) is 15.2. The number of rotatable bonds is 6. The van der Waals surface area contributed by atoms with Crippen LogP contribution in [0.3, 0.4) is 0 Å². The summed E-state index contributed by atoms with van der Waals surface area (Å²) < 4.78 is 2.10. The standard InChI is InChI=1S/C31H18Cl6N6O/c32-30(33,34)28-38-25(39-29(40-28)31(35,36)37)19-11-13-20(14-12-19)26-41-42-27(44-26)21-15-17-24(18-16-21)43(22-7-3-1-4-8-22)23-9-5-2-6-10-23/h1-18H. The summed E-state index contributed by atoms with van der Waals surface area (Å²) >= 11 is 36.0. The van der Waals surface area contributed by atoms with E-state index in [1.807, 2.05) is 60.7 Å². The second kappa shape index (κ2) is 12.5. The van der Waals surface area contributed by atoms with Crippen molar-refractivity contribution >= 4 is 86.7 Å². The molecule has 0 saturated carbocycles. The Morgan fingerprint density at radius 2 is 0.841 bits per heavy atom. The van der Waals surface area contributed by atoms with Crippen molar-refractivity contribution < 1.29 is 4.42 Å². The van der Waals surface area contributed by atoms with Gasteiger partial charge in [0.2, 0.25) is 19.4 Å². The SMILES string of the molecule is ClC(Cl)(Cl)c1nc(-c2ccc(-c3nnc(-c4ccc(N(c5ccccc5)c5ccccc5)cc4)o3)cc2)nc(C(Cl)(Cl)Cl)n1. The van der Waals surface area contributed by atoms with E-state index in [2.05, 4.69) is 54.3 Å². The number of aromatic nitrogens is 5. The van der Waals surface area contributed by atoms with Gasteiger partial charge in [0.15, 0.2) is 17.5 Å². The number of alkyl halides is 6. The Hall–Kier alpha value is -3.43. The maximum absolute atomic E-state index is 6.02. The van der Waals surface area contributed by atoms with E-state index in [-0.39, 0.29) is 17.5 Å². The van der Waals surface area contributed by atoms with Gasteiger partial charge in [-0.2, -0.15) is 0 Å². The van der Waals surface area contributed by atoms with Crippen molar-refractivity contribution in [2.24, 2.45) is 0 Å². The fourth-order valence-electron chi connectivity index (χ4n) is 4.33. The molecule has 0 bridgehead atoms. The molecule has 0 amide bonds. The van der Waals surface area contributed by atoms with Crippen LogP contribution in [0.25, 0.3) is 34.3 Å². The van der Waals surface area contributed by atoms with Crippen LogP contribution in [-0.4, -0.2) is 25.1 Å². The zero-order chi connectivity index (χ0) is 30.9. The van der Waals surface area contributed by atoms with Crippen molar-refractivity contribution in [3.8, 4) is 34.3 Å². The lowest BCUT2D eigenvalue weighted by molar-refractivity contribution is 0.584. The van der Waals surface area contributed by atoms with Gasteiger partial charge in [0.05, 0.1) is 0 Å². The van der Waals surface area contributed by atoms with Gasteiger partial charge in [-0.15, -0.1) is 10.2 Å². The zero-order valence-corrected chi connectivity index (χ0v) is 26.8. The van der Waals surface area contributed by atoms with Gasteiger partial charge in [-0.1, -0.05) is 118 Å². The van der Waals surface area contributed by atoms with Crippen LogP contribution in [-0.2, 0) is 7.59 Å². The van der Waals surface area contributed by atoms with Crippen LogP contribution in [0, 0.1) is 0 Å². The summed E-state index contributed by atoms with van der Waals surface area (Å²) in [5.41, 5.74) is 5.06. The molecule has 0 unspecified atom stereocenters. The summed E-state index contributed by atoms with van der Waals surface area (Å²) in [4.78, 5) is 14.7. The monoisotopic (exact) mass is 700 g/mol. The van der Waals surface area contributed by atoms with E-state index in [1.54, 1.807) is 24.3 Å². The van der Waals surface area contributed by atoms with Crippen LogP contribution >= 0.6 is 69.6 Å². The van der Waals surface area contributed by atoms with Crippen LogP contribution in [0.5, 0.6) is 0 Å². The maximum Gasteiger partial charge on any atom is 0.250 e. The number of halogens is 6. The van der Waals surface area contributed by atoms with Crippen LogP contribution in [0.4, 0.5) is 17.1 Å². The third-order valence-electron chi connectivity index (χ3n) is 6.36. The Balaban J connectivity index is 1.26. The molecule has 13 heteroatoms. The topological polar surface area (TPSA) is 80.8 Å². The minimum absolute atomic E-state index is 0.153. The summed E-state index contributed by atoms with van der Waals surface area (Å²) in [7, 11) is 0. The average Bonchev–Trinajstić information content (AvgIpc) is 3.52. The Kier molecular flexibility index (Phi) is 8.70. The van der Waals surface area contributed by atoms with Gasteiger partial charge in [-0.05, 0) is 60.7 Å². The first-order valence-electron chi connectivity index (χ1n) is 12.9. The molecule has 2 heterocycles. The predicted octanol–water partition coefficient (Wildman–Crippen LogP) is 10.4. The highest BCUT2D eigenvalue weighted by Crippen LogP contribution is 2.41. The van der Waals surface area contributed by atoms with Gasteiger partial charge in [0.1, 0.15) is 0 Å².